The van der Waals surface area contributed by atoms with Crippen LogP contribution in [0.4, 0.5) is 0 Å². The van der Waals surface area contributed by atoms with Crippen LogP contribution in [-0.2, 0) is 6.54 Å². The average molecular weight is 282 g/mol. The minimum absolute atomic E-state index is 0.0923. The van der Waals surface area contributed by atoms with Crippen LogP contribution in [0.3, 0.4) is 0 Å². The molecule has 6 heteroatoms. The number of nitrogens with one attached hydrogen (secondary N) is 1. The fraction of sp³-hybridized carbons (Fsp3) is 0.0833. The number of hydrogen-bond donors (Lipinski definition) is 1. The van der Waals surface area contributed by atoms with Crippen molar-refractivity contribution in [1.82, 2.24) is 15.3 Å². The van der Waals surface area contributed by atoms with Crippen LogP contribution >= 0.6 is 23.2 Å². The molecule has 2 rings (SSSR count). The van der Waals surface area contributed by atoms with Crippen LogP contribution in [0.5, 0.6) is 0 Å². The highest BCUT2D eigenvalue weighted by Gasteiger charge is 2.11. The molecule has 92 valence electrons. The van der Waals surface area contributed by atoms with E-state index < -0.39 is 0 Å². The molecule has 0 saturated heterocycles. The topological polar surface area (TPSA) is 54.9 Å². The molecule has 0 unspecified atom stereocenters. The smallest absolute Gasteiger partial charge is 0.254 e. The Morgan fingerprint density at radius 2 is 1.89 bits per heavy atom. The number of hydrogen-bond acceptors (Lipinski definition) is 3. The highest BCUT2D eigenvalue weighted by molar-refractivity contribution is 6.34. The van der Waals surface area contributed by atoms with Gasteiger partial charge in [-0.3, -0.25) is 9.78 Å². The highest BCUT2D eigenvalue weighted by Crippen LogP contribution is 2.16. The summed E-state index contributed by atoms with van der Waals surface area (Å²) < 4.78 is 0. The maximum absolute atomic E-state index is 11.9. The Morgan fingerprint density at radius 1 is 1.17 bits per heavy atom. The zero-order chi connectivity index (χ0) is 13.0. The molecule has 0 aromatic carbocycles. The molecule has 0 saturated carbocycles. The number of amides is 1. The number of halogens is 2. The Balaban J connectivity index is 2.04. The molecule has 0 aliphatic heterocycles. The van der Waals surface area contributed by atoms with E-state index in [1.54, 1.807) is 18.5 Å². The van der Waals surface area contributed by atoms with E-state index in [1.165, 1.54) is 6.07 Å². The van der Waals surface area contributed by atoms with Crippen molar-refractivity contribution in [3.63, 3.8) is 0 Å². The second-order valence-corrected chi connectivity index (χ2v) is 4.26. The number of pyridine rings is 2. The Labute approximate surface area is 114 Å². The van der Waals surface area contributed by atoms with Gasteiger partial charge in [0.2, 0.25) is 0 Å². The van der Waals surface area contributed by atoms with Gasteiger partial charge >= 0.3 is 0 Å². The van der Waals surface area contributed by atoms with E-state index in [-0.39, 0.29) is 16.2 Å². The maximum Gasteiger partial charge on any atom is 0.254 e. The van der Waals surface area contributed by atoms with E-state index >= 15 is 0 Å². The van der Waals surface area contributed by atoms with Gasteiger partial charge in [0.25, 0.3) is 5.91 Å². The van der Waals surface area contributed by atoms with Crippen molar-refractivity contribution in [2.24, 2.45) is 0 Å². The first-order valence-electron chi connectivity index (χ1n) is 5.16. The van der Waals surface area contributed by atoms with Crippen molar-refractivity contribution in [3.05, 3.63) is 58.1 Å². The molecule has 2 aromatic rings. The van der Waals surface area contributed by atoms with Gasteiger partial charge in [0.15, 0.2) is 0 Å². The van der Waals surface area contributed by atoms with Crippen molar-refractivity contribution >= 4 is 29.1 Å². The summed E-state index contributed by atoms with van der Waals surface area (Å²) in [6, 6.07) is 6.71. The summed E-state index contributed by atoms with van der Waals surface area (Å²) in [5, 5.41) is 3.09. The van der Waals surface area contributed by atoms with Gasteiger partial charge in [-0.05, 0) is 29.8 Å². The van der Waals surface area contributed by atoms with Gasteiger partial charge < -0.3 is 5.32 Å². The standard InChI is InChI=1S/C12H9Cl2N3O/c13-10-2-1-9(11(14)17-10)12(18)16-7-8-3-5-15-6-4-8/h1-6H,7H2,(H,16,18). The molecule has 4 nitrogen and oxygen atoms in total. The molecule has 0 fully saturated rings. The first-order valence-corrected chi connectivity index (χ1v) is 5.91. The van der Waals surface area contributed by atoms with Crippen molar-refractivity contribution in [3.8, 4) is 0 Å². The van der Waals surface area contributed by atoms with Crippen molar-refractivity contribution < 1.29 is 4.79 Å². The summed E-state index contributed by atoms with van der Waals surface area (Å²) in [5.74, 6) is -0.291. The van der Waals surface area contributed by atoms with Crippen LogP contribution in [0.2, 0.25) is 10.3 Å². The second-order valence-electron chi connectivity index (χ2n) is 3.51. The third-order valence-corrected chi connectivity index (χ3v) is 2.76. The molecule has 1 amide bonds. The predicted octanol–water partition coefficient (Wildman–Crippen LogP) is 2.71. The van der Waals surface area contributed by atoms with E-state index in [1.807, 2.05) is 12.1 Å². The zero-order valence-corrected chi connectivity index (χ0v) is 10.7. The Hall–Kier alpha value is -1.65. The van der Waals surface area contributed by atoms with Gasteiger partial charge in [-0.25, -0.2) is 4.98 Å². The van der Waals surface area contributed by atoms with E-state index in [0.29, 0.717) is 12.1 Å². The number of aromatic nitrogens is 2. The monoisotopic (exact) mass is 281 g/mol. The number of carbonyl (C=O) groups is 1. The van der Waals surface area contributed by atoms with Crippen molar-refractivity contribution in [2.75, 3.05) is 0 Å². The third kappa shape index (κ3) is 3.18. The minimum atomic E-state index is -0.291. The SMILES string of the molecule is O=C(NCc1ccncc1)c1ccc(Cl)nc1Cl. The molecule has 0 spiro atoms. The van der Waals surface area contributed by atoms with Crippen LogP contribution in [0.25, 0.3) is 0 Å². The summed E-state index contributed by atoms with van der Waals surface area (Å²) in [4.78, 5) is 19.6. The normalized spacial score (nSPS) is 10.1. The molecule has 0 aliphatic rings. The fourth-order valence-electron chi connectivity index (χ4n) is 1.36. The number of carbonyl (C=O) groups excluding carboxylic acids is 1. The third-order valence-electron chi connectivity index (χ3n) is 2.26. The highest BCUT2D eigenvalue weighted by atomic mass is 35.5. The number of rotatable bonds is 3. The van der Waals surface area contributed by atoms with E-state index in [9.17, 15) is 4.79 Å². The van der Waals surface area contributed by atoms with Crippen molar-refractivity contribution in [2.45, 2.75) is 6.54 Å². The molecule has 2 heterocycles. The first kappa shape index (κ1) is 12.8. The fourth-order valence-corrected chi connectivity index (χ4v) is 1.79. The summed E-state index contributed by atoms with van der Waals surface area (Å²) in [6.07, 6.45) is 3.33. The predicted molar refractivity (Wildman–Crippen MR) is 69.7 cm³/mol. The van der Waals surface area contributed by atoms with Gasteiger partial charge in [-0.1, -0.05) is 23.2 Å². The minimum Gasteiger partial charge on any atom is -0.348 e. The van der Waals surface area contributed by atoms with Crippen LogP contribution < -0.4 is 5.32 Å². The van der Waals surface area contributed by atoms with Gasteiger partial charge in [0.05, 0.1) is 5.56 Å². The van der Waals surface area contributed by atoms with Gasteiger partial charge in [0.1, 0.15) is 10.3 Å². The van der Waals surface area contributed by atoms with E-state index in [2.05, 4.69) is 15.3 Å². The van der Waals surface area contributed by atoms with Crippen molar-refractivity contribution in [1.29, 1.82) is 0 Å². The van der Waals surface area contributed by atoms with Crippen LogP contribution in [0.1, 0.15) is 15.9 Å². The largest absolute Gasteiger partial charge is 0.348 e. The van der Waals surface area contributed by atoms with Crippen LogP contribution in [0.15, 0.2) is 36.7 Å². The lowest BCUT2D eigenvalue weighted by atomic mass is 10.2. The van der Waals surface area contributed by atoms with Gasteiger partial charge in [-0.15, -0.1) is 0 Å². The molecular formula is C12H9Cl2N3O. The maximum atomic E-state index is 11.9. The summed E-state index contributed by atoms with van der Waals surface area (Å²) in [6.45, 7) is 0.403. The molecular weight excluding hydrogens is 273 g/mol. The molecule has 1 N–H and O–H groups in total. The van der Waals surface area contributed by atoms with E-state index in [4.69, 9.17) is 23.2 Å². The summed E-state index contributed by atoms with van der Waals surface area (Å²) in [5.41, 5.74) is 1.26. The molecule has 0 radical (unpaired) electrons. The molecule has 18 heavy (non-hydrogen) atoms. The Kier molecular flexibility index (Phi) is 4.12. The molecule has 0 bridgehead atoms. The van der Waals surface area contributed by atoms with Crippen LogP contribution in [-0.4, -0.2) is 15.9 Å². The molecule has 0 aliphatic carbocycles. The lowest BCUT2D eigenvalue weighted by Gasteiger charge is -2.06. The van der Waals surface area contributed by atoms with Gasteiger partial charge in [0, 0.05) is 18.9 Å². The average Bonchev–Trinajstić information content (AvgIpc) is 2.37. The Bertz CT molecular complexity index is 561. The Morgan fingerprint density at radius 3 is 2.56 bits per heavy atom. The molecule has 0 atom stereocenters. The summed E-state index contributed by atoms with van der Waals surface area (Å²) >= 11 is 11.5. The van der Waals surface area contributed by atoms with E-state index in [0.717, 1.165) is 5.56 Å². The van der Waals surface area contributed by atoms with Gasteiger partial charge in [-0.2, -0.15) is 0 Å². The number of nitrogens with zero attached hydrogens (tertiary/aromatic N) is 2. The molecule has 2 aromatic heterocycles. The first-order chi connectivity index (χ1) is 8.66. The van der Waals surface area contributed by atoms with Crippen LogP contribution in [0, 0.1) is 0 Å². The zero-order valence-electron chi connectivity index (χ0n) is 9.23. The second kappa shape index (κ2) is 5.80. The summed E-state index contributed by atoms with van der Waals surface area (Å²) in [7, 11) is 0. The lowest BCUT2D eigenvalue weighted by molar-refractivity contribution is 0.0950. The lowest BCUT2D eigenvalue weighted by Crippen LogP contribution is -2.23. The quantitative estimate of drug-likeness (QED) is 0.881.